The first-order chi connectivity index (χ1) is 9.20. The van der Waals surface area contributed by atoms with E-state index in [0.29, 0.717) is 6.54 Å². The van der Waals surface area contributed by atoms with Crippen molar-refractivity contribution in [2.75, 3.05) is 19.6 Å². The van der Waals surface area contributed by atoms with Gasteiger partial charge in [0.25, 0.3) is 0 Å². The van der Waals surface area contributed by atoms with Crippen LogP contribution in [0.1, 0.15) is 25.3 Å². The van der Waals surface area contributed by atoms with Crippen molar-refractivity contribution >= 4 is 17.5 Å². The van der Waals surface area contributed by atoms with Gasteiger partial charge in [-0.05, 0) is 37.9 Å². The van der Waals surface area contributed by atoms with Crippen LogP contribution < -0.4 is 5.32 Å². The second kappa shape index (κ2) is 6.92. The Kier molecular flexibility index (Phi) is 5.23. The second-order valence-corrected chi connectivity index (χ2v) is 5.47. The van der Waals surface area contributed by atoms with Gasteiger partial charge in [0.1, 0.15) is 0 Å². The molecule has 1 aromatic rings. The number of amides is 1. The molecule has 0 aromatic heterocycles. The van der Waals surface area contributed by atoms with E-state index in [1.165, 1.54) is 0 Å². The maximum Gasteiger partial charge on any atom is 0.224 e. The molecule has 1 atom stereocenters. The van der Waals surface area contributed by atoms with Gasteiger partial charge in [-0.2, -0.15) is 0 Å². The summed E-state index contributed by atoms with van der Waals surface area (Å²) in [5.74, 6) is 0.308. The Hall–Kier alpha value is -1.06. The first kappa shape index (κ1) is 14.4. The van der Waals surface area contributed by atoms with E-state index in [1.807, 2.05) is 25.1 Å². The van der Waals surface area contributed by atoms with E-state index in [2.05, 4.69) is 16.3 Å². The molecule has 1 heterocycles. The summed E-state index contributed by atoms with van der Waals surface area (Å²) in [5, 5.41) is 3.73. The topological polar surface area (TPSA) is 32.3 Å². The standard InChI is InChI=1S/C15H21ClN2O/c1-2-17-15(19)13-7-5-9-18(11-13)10-12-6-3-4-8-14(12)16/h3-4,6,8,13H,2,5,7,9-11H2,1H3,(H,17,19). The van der Waals surface area contributed by atoms with Crippen LogP contribution in [0.15, 0.2) is 24.3 Å². The summed E-state index contributed by atoms with van der Waals surface area (Å²) in [5.41, 5.74) is 1.14. The largest absolute Gasteiger partial charge is 0.356 e. The zero-order chi connectivity index (χ0) is 13.7. The number of halogens is 1. The smallest absolute Gasteiger partial charge is 0.224 e. The zero-order valence-electron chi connectivity index (χ0n) is 11.4. The maximum atomic E-state index is 11.9. The summed E-state index contributed by atoms with van der Waals surface area (Å²) in [6.07, 6.45) is 2.07. The van der Waals surface area contributed by atoms with Gasteiger partial charge < -0.3 is 5.32 Å². The van der Waals surface area contributed by atoms with Gasteiger partial charge in [0.15, 0.2) is 0 Å². The summed E-state index contributed by atoms with van der Waals surface area (Å²) >= 11 is 6.19. The van der Waals surface area contributed by atoms with Crippen molar-refractivity contribution in [3.63, 3.8) is 0 Å². The molecule has 0 spiro atoms. The Labute approximate surface area is 119 Å². The van der Waals surface area contributed by atoms with Crippen LogP contribution in [0, 0.1) is 5.92 Å². The number of rotatable bonds is 4. The van der Waals surface area contributed by atoms with Crippen LogP contribution in [0.5, 0.6) is 0 Å². The molecular weight excluding hydrogens is 260 g/mol. The van der Waals surface area contributed by atoms with Crippen molar-refractivity contribution in [2.24, 2.45) is 5.92 Å². The molecule has 1 aliphatic heterocycles. The number of likely N-dealkylation sites (tertiary alicyclic amines) is 1. The Morgan fingerprint density at radius 3 is 3.00 bits per heavy atom. The lowest BCUT2D eigenvalue weighted by Gasteiger charge is -2.32. The molecule has 2 rings (SSSR count). The lowest BCUT2D eigenvalue weighted by Crippen LogP contribution is -2.42. The molecule has 1 unspecified atom stereocenters. The molecule has 1 amide bonds. The number of piperidine rings is 1. The molecular formula is C15H21ClN2O. The number of carbonyl (C=O) groups is 1. The third-order valence-electron chi connectivity index (χ3n) is 3.58. The molecule has 1 saturated heterocycles. The lowest BCUT2D eigenvalue weighted by atomic mass is 9.96. The van der Waals surface area contributed by atoms with Gasteiger partial charge >= 0.3 is 0 Å². The van der Waals surface area contributed by atoms with Crippen molar-refractivity contribution in [2.45, 2.75) is 26.3 Å². The van der Waals surface area contributed by atoms with E-state index < -0.39 is 0 Å². The van der Waals surface area contributed by atoms with Crippen molar-refractivity contribution in [3.8, 4) is 0 Å². The molecule has 0 aliphatic carbocycles. The molecule has 4 heteroatoms. The predicted molar refractivity (Wildman–Crippen MR) is 78.1 cm³/mol. The fourth-order valence-electron chi connectivity index (χ4n) is 2.60. The fourth-order valence-corrected chi connectivity index (χ4v) is 2.79. The highest BCUT2D eigenvalue weighted by Crippen LogP contribution is 2.22. The van der Waals surface area contributed by atoms with Gasteiger partial charge in [-0.1, -0.05) is 29.8 Å². The maximum absolute atomic E-state index is 11.9. The van der Waals surface area contributed by atoms with Crippen molar-refractivity contribution in [1.29, 1.82) is 0 Å². The van der Waals surface area contributed by atoms with Crippen molar-refractivity contribution in [1.82, 2.24) is 10.2 Å². The highest BCUT2D eigenvalue weighted by atomic mass is 35.5. The molecule has 0 saturated carbocycles. The summed E-state index contributed by atoms with van der Waals surface area (Å²) in [6, 6.07) is 7.92. The van der Waals surface area contributed by atoms with Crippen LogP contribution in [-0.2, 0) is 11.3 Å². The number of benzene rings is 1. The Bertz CT molecular complexity index is 436. The minimum atomic E-state index is 0.121. The van der Waals surface area contributed by atoms with Gasteiger partial charge in [-0.3, -0.25) is 9.69 Å². The van der Waals surface area contributed by atoms with E-state index in [4.69, 9.17) is 11.6 Å². The van der Waals surface area contributed by atoms with Gasteiger partial charge in [-0.25, -0.2) is 0 Å². The fraction of sp³-hybridized carbons (Fsp3) is 0.533. The molecule has 3 nitrogen and oxygen atoms in total. The third kappa shape index (κ3) is 3.95. The summed E-state index contributed by atoms with van der Waals surface area (Å²) in [6.45, 7) is 5.37. The normalized spacial score (nSPS) is 20.2. The van der Waals surface area contributed by atoms with Crippen LogP contribution in [0.4, 0.5) is 0 Å². The zero-order valence-corrected chi connectivity index (χ0v) is 12.1. The summed E-state index contributed by atoms with van der Waals surface area (Å²) in [7, 11) is 0. The molecule has 0 bridgehead atoms. The van der Waals surface area contributed by atoms with E-state index in [-0.39, 0.29) is 11.8 Å². The average Bonchev–Trinajstić information content (AvgIpc) is 2.42. The van der Waals surface area contributed by atoms with Crippen LogP contribution in [-0.4, -0.2) is 30.4 Å². The molecule has 1 fully saturated rings. The highest BCUT2D eigenvalue weighted by molar-refractivity contribution is 6.31. The number of nitrogens with zero attached hydrogens (tertiary/aromatic N) is 1. The van der Waals surface area contributed by atoms with Gasteiger partial charge in [0.2, 0.25) is 5.91 Å². The monoisotopic (exact) mass is 280 g/mol. The minimum Gasteiger partial charge on any atom is -0.356 e. The van der Waals surface area contributed by atoms with E-state index >= 15 is 0 Å². The molecule has 104 valence electrons. The average molecular weight is 281 g/mol. The first-order valence-corrected chi connectivity index (χ1v) is 7.32. The van der Waals surface area contributed by atoms with Gasteiger partial charge in [0, 0.05) is 24.7 Å². The van der Waals surface area contributed by atoms with Crippen LogP contribution >= 0.6 is 11.6 Å². The van der Waals surface area contributed by atoms with Crippen LogP contribution in [0.25, 0.3) is 0 Å². The van der Waals surface area contributed by atoms with Gasteiger partial charge in [0.05, 0.1) is 5.92 Å². The Morgan fingerprint density at radius 2 is 2.26 bits per heavy atom. The molecule has 1 aromatic carbocycles. The number of hydrogen-bond acceptors (Lipinski definition) is 2. The quantitative estimate of drug-likeness (QED) is 0.920. The Balaban J connectivity index is 1.94. The van der Waals surface area contributed by atoms with Gasteiger partial charge in [-0.15, -0.1) is 0 Å². The van der Waals surface area contributed by atoms with E-state index in [1.54, 1.807) is 0 Å². The number of hydrogen-bond donors (Lipinski definition) is 1. The van der Waals surface area contributed by atoms with Crippen LogP contribution in [0.2, 0.25) is 5.02 Å². The summed E-state index contributed by atoms with van der Waals surface area (Å²) < 4.78 is 0. The van der Waals surface area contributed by atoms with Crippen LogP contribution in [0.3, 0.4) is 0 Å². The first-order valence-electron chi connectivity index (χ1n) is 6.94. The number of nitrogens with one attached hydrogen (secondary N) is 1. The van der Waals surface area contributed by atoms with E-state index in [0.717, 1.165) is 43.1 Å². The molecule has 1 N–H and O–H groups in total. The highest BCUT2D eigenvalue weighted by Gasteiger charge is 2.25. The van der Waals surface area contributed by atoms with Crippen molar-refractivity contribution < 1.29 is 4.79 Å². The predicted octanol–water partition coefficient (Wildman–Crippen LogP) is 2.69. The second-order valence-electron chi connectivity index (χ2n) is 5.06. The SMILES string of the molecule is CCNC(=O)C1CCCN(Cc2ccccc2Cl)C1. The molecule has 0 radical (unpaired) electrons. The molecule has 1 aliphatic rings. The van der Waals surface area contributed by atoms with E-state index in [9.17, 15) is 4.79 Å². The number of carbonyl (C=O) groups excluding carboxylic acids is 1. The van der Waals surface area contributed by atoms with Crippen molar-refractivity contribution in [3.05, 3.63) is 34.9 Å². The Morgan fingerprint density at radius 1 is 1.47 bits per heavy atom. The molecule has 19 heavy (non-hydrogen) atoms. The summed E-state index contributed by atoms with van der Waals surface area (Å²) in [4.78, 5) is 14.2. The lowest BCUT2D eigenvalue weighted by molar-refractivity contribution is -0.126. The minimum absolute atomic E-state index is 0.121. The third-order valence-corrected chi connectivity index (χ3v) is 3.95.